The highest BCUT2D eigenvalue weighted by atomic mass is 35.5. The number of benzene rings is 1. The Kier molecular flexibility index (Phi) is 5.64. The van der Waals surface area contributed by atoms with Gasteiger partial charge in [-0.15, -0.1) is 0 Å². The van der Waals surface area contributed by atoms with Crippen LogP contribution in [0.3, 0.4) is 0 Å². The van der Waals surface area contributed by atoms with Gasteiger partial charge in [0, 0.05) is 17.6 Å². The molecule has 1 unspecified atom stereocenters. The Hall–Kier alpha value is -1.60. The Labute approximate surface area is 140 Å². The third-order valence-corrected chi connectivity index (χ3v) is 5.68. The molecule has 1 aromatic carbocycles. The molecule has 0 bridgehead atoms. The molecule has 1 aromatic rings. The van der Waals surface area contributed by atoms with Gasteiger partial charge in [-0.2, -0.15) is 0 Å². The van der Waals surface area contributed by atoms with Crippen molar-refractivity contribution in [3.63, 3.8) is 0 Å². The molecule has 1 fully saturated rings. The molecule has 1 aliphatic rings. The summed E-state index contributed by atoms with van der Waals surface area (Å²) in [6, 6.07) is 5.89. The molecule has 8 heteroatoms. The van der Waals surface area contributed by atoms with Crippen molar-refractivity contribution >= 4 is 33.3 Å². The van der Waals surface area contributed by atoms with E-state index >= 15 is 0 Å². The zero-order valence-electron chi connectivity index (χ0n) is 12.7. The Morgan fingerprint density at radius 3 is 2.70 bits per heavy atom. The first kappa shape index (κ1) is 17.7. The second-order valence-corrected chi connectivity index (χ2v) is 7.99. The number of likely N-dealkylation sites (N-methyl/N-ethyl adjacent to an activating group) is 1. The molecule has 0 aromatic heterocycles. The standard InChI is InChI=1S/C15H18ClNO5S/c1-2-17(13-6-7-23(20,21)10-13)14(18)9-22-15(19)11-4-3-5-12(16)8-11/h3-5,8,13H,2,6-7,9-10H2,1H3. The van der Waals surface area contributed by atoms with Crippen LogP contribution in [-0.4, -0.2) is 55.9 Å². The molecule has 1 saturated heterocycles. The molecule has 1 aliphatic heterocycles. The van der Waals surface area contributed by atoms with Gasteiger partial charge < -0.3 is 9.64 Å². The molecule has 0 radical (unpaired) electrons. The van der Waals surface area contributed by atoms with E-state index in [0.717, 1.165) is 0 Å². The minimum atomic E-state index is -3.08. The van der Waals surface area contributed by atoms with Gasteiger partial charge in [-0.1, -0.05) is 17.7 Å². The van der Waals surface area contributed by atoms with Crippen LogP contribution in [0.2, 0.25) is 5.02 Å². The molecule has 0 saturated carbocycles. The molecule has 0 aliphatic carbocycles. The highest BCUT2D eigenvalue weighted by molar-refractivity contribution is 7.91. The summed E-state index contributed by atoms with van der Waals surface area (Å²) in [5.74, 6) is -0.987. The maximum absolute atomic E-state index is 12.2. The predicted octanol–water partition coefficient (Wildman–Crippen LogP) is 1.53. The van der Waals surface area contributed by atoms with Gasteiger partial charge in [0.15, 0.2) is 16.4 Å². The monoisotopic (exact) mass is 359 g/mol. The van der Waals surface area contributed by atoms with E-state index in [0.29, 0.717) is 18.0 Å². The quantitative estimate of drug-likeness (QED) is 0.745. The molecular weight excluding hydrogens is 342 g/mol. The van der Waals surface area contributed by atoms with Crippen molar-refractivity contribution in [2.75, 3.05) is 24.7 Å². The van der Waals surface area contributed by atoms with E-state index < -0.39 is 28.3 Å². The third kappa shape index (κ3) is 4.68. The number of ether oxygens (including phenoxy) is 1. The minimum Gasteiger partial charge on any atom is -0.452 e. The first-order chi connectivity index (χ1) is 10.8. The molecule has 0 spiro atoms. The first-order valence-corrected chi connectivity index (χ1v) is 9.45. The lowest BCUT2D eigenvalue weighted by atomic mass is 10.2. The van der Waals surface area contributed by atoms with E-state index in [9.17, 15) is 18.0 Å². The maximum Gasteiger partial charge on any atom is 0.338 e. The number of halogens is 1. The van der Waals surface area contributed by atoms with Gasteiger partial charge >= 0.3 is 5.97 Å². The van der Waals surface area contributed by atoms with Gasteiger partial charge in [0.2, 0.25) is 0 Å². The van der Waals surface area contributed by atoms with Crippen molar-refractivity contribution in [3.05, 3.63) is 34.9 Å². The van der Waals surface area contributed by atoms with Crippen molar-refractivity contribution < 1.29 is 22.7 Å². The van der Waals surface area contributed by atoms with Crippen LogP contribution in [0.15, 0.2) is 24.3 Å². The third-order valence-electron chi connectivity index (χ3n) is 3.70. The lowest BCUT2D eigenvalue weighted by Gasteiger charge is -2.26. The zero-order chi connectivity index (χ0) is 17.0. The fourth-order valence-corrected chi connectivity index (χ4v) is 4.49. The molecule has 2 rings (SSSR count). The summed E-state index contributed by atoms with van der Waals surface area (Å²) in [6.45, 7) is 1.71. The molecule has 1 amide bonds. The van der Waals surface area contributed by atoms with Gasteiger partial charge in [0.25, 0.3) is 5.91 Å². The number of carbonyl (C=O) groups excluding carboxylic acids is 2. The topological polar surface area (TPSA) is 80.8 Å². The number of hydrogen-bond acceptors (Lipinski definition) is 5. The van der Waals surface area contributed by atoms with Gasteiger partial charge in [0.1, 0.15) is 0 Å². The highest BCUT2D eigenvalue weighted by Gasteiger charge is 2.34. The SMILES string of the molecule is CCN(C(=O)COC(=O)c1cccc(Cl)c1)C1CCS(=O)(=O)C1. The number of esters is 1. The fourth-order valence-electron chi connectivity index (χ4n) is 2.57. The highest BCUT2D eigenvalue weighted by Crippen LogP contribution is 2.18. The molecule has 23 heavy (non-hydrogen) atoms. The van der Waals surface area contributed by atoms with Crippen LogP contribution in [0.5, 0.6) is 0 Å². The summed E-state index contributed by atoms with van der Waals surface area (Å²) in [5.41, 5.74) is 0.261. The van der Waals surface area contributed by atoms with Crippen LogP contribution >= 0.6 is 11.6 Å². The Morgan fingerprint density at radius 1 is 1.39 bits per heavy atom. The van der Waals surface area contributed by atoms with Crippen LogP contribution in [0.1, 0.15) is 23.7 Å². The van der Waals surface area contributed by atoms with Crippen molar-refractivity contribution in [1.29, 1.82) is 0 Å². The largest absolute Gasteiger partial charge is 0.452 e. The Bertz CT molecular complexity index is 704. The van der Waals surface area contributed by atoms with E-state index in [1.165, 1.54) is 11.0 Å². The van der Waals surface area contributed by atoms with E-state index in [2.05, 4.69) is 0 Å². The van der Waals surface area contributed by atoms with Crippen LogP contribution in [0.25, 0.3) is 0 Å². The van der Waals surface area contributed by atoms with Crippen LogP contribution in [0.4, 0.5) is 0 Å². The van der Waals surface area contributed by atoms with Crippen LogP contribution in [-0.2, 0) is 19.4 Å². The molecule has 1 heterocycles. The van der Waals surface area contributed by atoms with Gasteiger partial charge in [-0.05, 0) is 31.5 Å². The summed E-state index contributed by atoms with van der Waals surface area (Å²) in [5, 5.41) is 0.400. The van der Waals surface area contributed by atoms with Gasteiger partial charge in [0.05, 0.1) is 17.1 Å². The number of nitrogens with zero attached hydrogens (tertiary/aromatic N) is 1. The average Bonchev–Trinajstić information content (AvgIpc) is 2.85. The Balaban J connectivity index is 1.94. The predicted molar refractivity (Wildman–Crippen MR) is 86.2 cm³/mol. The summed E-state index contributed by atoms with van der Waals surface area (Å²) in [7, 11) is -3.08. The lowest BCUT2D eigenvalue weighted by Crippen LogP contribution is -2.43. The number of rotatable bonds is 5. The van der Waals surface area contributed by atoms with Gasteiger partial charge in [-0.25, -0.2) is 13.2 Å². The number of carbonyl (C=O) groups is 2. The zero-order valence-corrected chi connectivity index (χ0v) is 14.3. The summed E-state index contributed by atoms with van der Waals surface area (Å²) < 4.78 is 28.1. The minimum absolute atomic E-state index is 0.0329. The Morgan fingerprint density at radius 2 is 2.13 bits per heavy atom. The fraction of sp³-hybridized carbons (Fsp3) is 0.467. The van der Waals surface area contributed by atoms with E-state index in [4.69, 9.17) is 16.3 Å². The van der Waals surface area contributed by atoms with E-state index in [1.807, 2.05) is 0 Å². The smallest absolute Gasteiger partial charge is 0.338 e. The van der Waals surface area contributed by atoms with Crippen molar-refractivity contribution in [3.8, 4) is 0 Å². The summed E-state index contributed by atoms with van der Waals surface area (Å²) in [6.07, 6.45) is 0.421. The molecule has 0 N–H and O–H groups in total. The second-order valence-electron chi connectivity index (χ2n) is 5.32. The van der Waals surface area contributed by atoms with Gasteiger partial charge in [-0.3, -0.25) is 4.79 Å². The number of amides is 1. The average molecular weight is 360 g/mol. The van der Waals surface area contributed by atoms with E-state index in [-0.39, 0.29) is 23.1 Å². The first-order valence-electron chi connectivity index (χ1n) is 7.25. The number of hydrogen-bond donors (Lipinski definition) is 0. The maximum atomic E-state index is 12.2. The number of sulfone groups is 1. The lowest BCUT2D eigenvalue weighted by molar-refractivity contribution is -0.136. The summed E-state index contributed by atoms with van der Waals surface area (Å²) in [4.78, 5) is 25.5. The van der Waals surface area contributed by atoms with Crippen molar-refractivity contribution in [2.45, 2.75) is 19.4 Å². The molecule has 126 valence electrons. The second kappa shape index (κ2) is 7.31. The van der Waals surface area contributed by atoms with E-state index in [1.54, 1.807) is 25.1 Å². The normalized spacial score (nSPS) is 19.3. The molecular formula is C15H18ClNO5S. The van der Waals surface area contributed by atoms with Crippen LogP contribution < -0.4 is 0 Å². The molecule has 1 atom stereocenters. The van der Waals surface area contributed by atoms with Crippen molar-refractivity contribution in [1.82, 2.24) is 4.90 Å². The molecule has 6 nitrogen and oxygen atoms in total. The van der Waals surface area contributed by atoms with Crippen molar-refractivity contribution in [2.24, 2.45) is 0 Å². The van der Waals surface area contributed by atoms with Crippen LogP contribution in [0, 0.1) is 0 Å². The summed E-state index contributed by atoms with van der Waals surface area (Å²) >= 11 is 5.80.